The number of carbonyl (C=O) groups excluding carboxylic acids is 1. The summed E-state index contributed by atoms with van der Waals surface area (Å²) in [5.41, 5.74) is 2.06. The van der Waals surface area contributed by atoms with Gasteiger partial charge in [-0.15, -0.1) is 11.8 Å². The van der Waals surface area contributed by atoms with E-state index in [4.69, 9.17) is 0 Å². The van der Waals surface area contributed by atoms with Gasteiger partial charge in [0.05, 0.1) is 6.42 Å². The molecule has 1 amide bonds. The van der Waals surface area contributed by atoms with Crippen LogP contribution < -0.4 is 5.32 Å². The van der Waals surface area contributed by atoms with Gasteiger partial charge in [-0.25, -0.2) is 4.39 Å². The Kier molecular flexibility index (Phi) is 5.81. The Morgan fingerprint density at radius 1 is 1.10 bits per heavy atom. The molecule has 2 nitrogen and oxygen atoms in total. The second-order valence-electron chi connectivity index (χ2n) is 4.81. The molecule has 1 N–H and O–H groups in total. The van der Waals surface area contributed by atoms with Crippen LogP contribution in [0.3, 0.4) is 0 Å². The molecule has 21 heavy (non-hydrogen) atoms. The van der Waals surface area contributed by atoms with Crippen LogP contribution in [0, 0.1) is 12.7 Å². The first-order valence-electron chi connectivity index (χ1n) is 6.84. The van der Waals surface area contributed by atoms with Gasteiger partial charge in [-0.1, -0.05) is 29.8 Å². The largest absolute Gasteiger partial charge is 0.355 e. The number of halogens is 1. The lowest BCUT2D eigenvalue weighted by Crippen LogP contribution is -2.27. The first kappa shape index (κ1) is 15.6. The van der Waals surface area contributed by atoms with Gasteiger partial charge >= 0.3 is 0 Å². The first-order valence-corrected chi connectivity index (χ1v) is 7.82. The fourth-order valence-electron chi connectivity index (χ4n) is 1.84. The summed E-state index contributed by atoms with van der Waals surface area (Å²) in [7, 11) is 0. The van der Waals surface area contributed by atoms with E-state index in [2.05, 4.69) is 36.5 Å². The number of hydrogen-bond acceptors (Lipinski definition) is 2. The maximum Gasteiger partial charge on any atom is 0.224 e. The standard InChI is InChI=1S/C17H18FNOS/c1-13-2-8-16(9-3-13)21-11-10-19-17(20)12-14-4-6-15(18)7-5-14/h2-9H,10-12H2,1H3,(H,19,20). The predicted octanol–water partition coefficient (Wildman–Crippen LogP) is 3.59. The van der Waals surface area contributed by atoms with Crippen molar-refractivity contribution < 1.29 is 9.18 Å². The van der Waals surface area contributed by atoms with Crippen LogP contribution in [-0.2, 0) is 11.2 Å². The van der Waals surface area contributed by atoms with Crippen molar-refractivity contribution in [2.75, 3.05) is 12.3 Å². The Hall–Kier alpha value is -1.81. The van der Waals surface area contributed by atoms with Crippen molar-refractivity contribution in [3.8, 4) is 0 Å². The molecule has 0 aliphatic rings. The minimum atomic E-state index is -0.284. The Bertz CT molecular complexity index is 581. The monoisotopic (exact) mass is 303 g/mol. The summed E-state index contributed by atoms with van der Waals surface area (Å²) in [4.78, 5) is 12.9. The van der Waals surface area contributed by atoms with E-state index in [1.54, 1.807) is 23.9 Å². The zero-order valence-corrected chi connectivity index (χ0v) is 12.8. The van der Waals surface area contributed by atoms with Crippen molar-refractivity contribution in [2.45, 2.75) is 18.2 Å². The molecule has 0 spiro atoms. The van der Waals surface area contributed by atoms with Crippen LogP contribution in [0.1, 0.15) is 11.1 Å². The van der Waals surface area contributed by atoms with Gasteiger partial charge in [0.15, 0.2) is 0 Å². The van der Waals surface area contributed by atoms with E-state index in [-0.39, 0.29) is 18.1 Å². The van der Waals surface area contributed by atoms with Gasteiger partial charge in [0.1, 0.15) is 5.82 Å². The highest BCUT2D eigenvalue weighted by Gasteiger charge is 2.03. The second-order valence-corrected chi connectivity index (χ2v) is 5.98. The molecule has 0 heterocycles. The number of rotatable bonds is 6. The molecule has 2 aromatic rings. The number of amides is 1. The zero-order valence-electron chi connectivity index (χ0n) is 11.9. The van der Waals surface area contributed by atoms with Gasteiger partial charge in [-0.3, -0.25) is 4.79 Å². The van der Waals surface area contributed by atoms with Crippen molar-refractivity contribution in [1.82, 2.24) is 5.32 Å². The topological polar surface area (TPSA) is 29.1 Å². The lowest BCUT2D eigenvalue weighted by molar-refractivity contribution is -0.120. The third-order valence-electron chi connectivity index (χ3n) is 2.99. The van der Waals surface area contributed by atoms with Crippen molar-refractivity contribution in [3.05, 3.63) is 65.5 Å². The van der Waals surface area contributed by atoms with Crippen LogP contribution in [0.25, 0.3) is 0 Å². The average Bonchev–Trinajstić information content (AvgIpc) is 2.48. The highest BCUT2D eigenvalue weighted by atomic mass is 32.2. The van der Waals surface area contributed by atoms with Gasteiger partial charge in [-0.05, 0) is 36.8 Å². The molecule has 0 radical (unpaired) electrons. The maximum absolute atomic E-state index is 12.8. The average molecular weight is 303 g/mol. The third-order valence-corrected chi connectivity index (χ3v) is 4.01. The summed E-state index contributed by atoms with van der Waals surface area (Å²) in [5, 5.41) is 2.87. The predicted molar refractivity (Wildman–Crippen MR) is 85.0 cm³/mol. The van der Waals surface area contributed by atoms with E-state index in [9.17, 15) is 9.18 Å². The molecule has 0 aliphatic carbocycles. The molecule has 0 unspecified atom stereocenters. The third kappa shape index (κ3) is 5.60. The van der Waals surface area contributed by atoms with E-state index in [1.807, 2.05) is 0 Å². The second kappa shape index (κ2) is 7.84. The van der Waals surface area contributed by atoms with Gasteiger partial charge < -0.3 is 5.32 Å². The van der Waals surface area contributed by atoms with E-state index in [1.165, 1.54) is 22.6 Å². The van der Waals surface area contributed by atoms with Crippen LogP contribution in [0.2, 0.25) is 0 Å². The molecular weight excluding hydrogens is 285 g/mol. The smallest absolute Gasteiger partial charge is 0.224 e. The van der Waals surface area contributed by atoms with Crippen molar-refractivity contribution >= 4 is 17.7 Å². The van der Waals surface area contributed by atoms with Crippen LogP contribution in [0.5, 0.6) is 0 Å². The van der Waals surface area contributed by atoms with E-state index in [0.29, 0.717) is 6.54 Å². The van der Waals surface area contributed by atoms with Crippen LogP contribution >= 0.6 is 11.8 Å². The molecule has 0 aromatic heterocycles. The summed E-state index contributed by atoms with van der Waals surface area (Å²) >= 11 is 1.72. The summed E-state index contributed by atoms with van der Waals surface area (Å²) in [5.74, 6) is 0.512. The Balaban J connectivity index is 1.67. The molecule has 0 saturated heterocycles. The van der Waals surface area contributed by atoms with E-state index >= 15 is 0 Å². The summed E-state index contributed by atoms with van der Waals surface area (Å²) in [6.45, 7) is 2.68. The van der Waals surface area contributed by atoms with E-state index in [0.717, 1.165) is 11.3 Å². The quantitative estimate of drug-likeness (QED) is 0.653. The van der Waals surface area contributed by atoms with Crippen LogP contribution in [-0.4, -0.2) is 18.2 Å². The molecule has 0 fully saturated rings. The maximum atomic E-state index is 12.8. The van der Waals surface area contributed by atoms with Crippen LogP contribution in [0.4, 0.5) is 4.39 Å². The Labute approximate surface area is 128 Å². The van der Waals surface area contributed by atoms with Gasteiger partial charge in [0.2, 0.25) is 5.91 Å². The highest BCUT2D eigenvalue weighted by Crippen LogP contribution is 2.17. The molecule has 2 rings (SSSR count). The number of hydrogen-bond donors (Lipinski definition) is 1. The molecule has 0 aliphatic heterocycles. The SMILES string of the molecule is Cc1ccc(SCCNC(=O)Cc2ccc(F)cc2)cc1. The van der Waals surface area contributed by atoms with Crippen LogP contribution in [0.15, 0.2) is 53.4 Å². The zero-order chi connectivity index (χ0) is 15.1. The van der Waals surface area contributed by atoms with E-state index < -0.39 is 0 Å². The minimum absolute atomic E-state index is 0.0360. The van der Waals surface area contributed by atoms with Crippen molar-refractivity contribution in [1.29, 1.82) is 0 Å². The fourth-order valence-corrected chi connectivity index (χ4v) is 2.61. The van der Waals surface area contributed by atoms with Gasteiger partial charge in [0, 0.05) is 17.2 Å². The number of thioether (sulfide) groups is 1. The molecule has 4 heteroatoms. The van der Waals surface area contributed by atoms with Crippen molar-refractivity contribution in [2.24, 2.45) is 0 Å². The minimum Gasteiger partial charge on any atom is -0.355 e. The molecular formula is C17H18FNOS. The number of carbonyl (C=O) groups is 1. The number of nitrogens with one attached hydrogen (secondary N) is 1. The molecule has 2 aromatic carbocycles. The summed E-state index contributed by atoms with van der Waals surface area (Å²) in [6, 6.07) is 14.3. The first-order chi connectivity index (χ1) is 10.1. The summed E-state index contributed by atoms with van der Waals surface area (Å²) in [6.07, 6.45) is 0.287. The number of benzene rings is 2. The van der Waals surface area contributed by atoms with Crippen molar-refractivity contribution in [3.63, 3.8) is 0 Å². The Morgan fingerprint density at radius 2 is 1.76 bits per heavy atom. The lowest BCUT2D eigenvalue weighted by atomic mass is 10.1. The summed E-state index contributed by atoms with van der Waals surface area (Å²) < 4.78 is 12.8. The normalized spacial score (nSPS) is 10.4. The lowest BCUT2D eigenvalue weighted by Gasteiger charge is -2.06. The van der Waals surface area contributed by atoms with Gasteiger partial charge in [-0.2, -0.15) is 0 Å². The molecule has 0 bridgehead atoms. The Morgan fingerprint density at radius 3 is 2.43 bits per heavy atom. The fraction of sp³-hybridized carbons (Fsp3) is 0.235. The molecule has 0 saturated carbocycles. The van der Waals surface area contributed by atoms with Gasteiger partial charge in [0.25, 0.3) is 0 Å². The highest BCUT2D eigenvalue weighted by molar-refractivity contribution is 7.99. The molecule has 110 valence electrons. The number of aryl methyl sites for hydroxylation is 1. The molecule has 0 atom stereocenters.